The van der Waals surface area contributed by atoms with Crippen LogP contribution in [0, 0.1) is 5.92 Å². The SMILES string of the molecule is CC(C)[C@@H](C(=O)OCc1ccccc1)N1C(=O)[C@H](n2cnc3ccccc3c2=O)C[C@@]2(O)c3ccccc3N[C@@H]12. The van der Waals surface area contributed by atoms with Crippen molar-refractivity contribution in [3.8, 4) is 0 Å². The Morgan fingerprint density at radius 1 is 1.05 bits per heavy atom. The fourth-order valence-electron chi connectivity index (χ4n) is 5.94. The van der Waals surface area contributed by atoms with E-state index in [1.807, 2.05) is 62.4 Å². The lowest BCUT2D eigenvalue weighted by atomic mass is 9.80. The second-order valence-electron chi connectivity index (χ2n) is 10.7. The van der Waals surface area contributed by atoms with Crippen LogP contribution in [-0.2, 0) is 26.5 Å². The molecule has 2 N–H and O–H groups in total. The maximum absolute atomic E-state index is 14.4. The van der Waals surface area contributed by atoms with Gasteiger partial charge in [0.1, 0.15) is 30.5 Å². The maximum atomic E-state index is 14.4. The molecule has 2 aliphatic rings. The number of amides is 1. The van der Waals surface area contributed by atoms with Crippen molar-refractivity contribution in [2.45, 2.75) is 50.7 Å². The van der Waals surface area contributed by atoms with Crippen molar-refractivity contribution in [2.75, 3.05) is 5.32 Å². The smallest absolute Gasteiger partial charge is 0.329 e. The van der Waals surface area contributed by atoms with Crippen molar-refractivity contribution in [1.82, 2.24) is 14.5 Å². The van der Waals surface area contributed by atoms with Crippen LogP contribution in [0.5, 0.6) is 0 Å². The Kier molecular flexibility index (Phi) is 6.38. The average Bonchev–Trinajstić information content (AvgIpc) is 3.26. The Morgan fingerprint density at radius 2 is 1.75 bits per heavy atom. The van der Waals surface area contributed by atoms with Gasteiger partial charge in [0.25, 0.3) is 5.56 Å². The highest BCUT2D eigenvalue weighted by Gasteiger charge is 2.59. The van der Waals surface area contributed by atoms with Crippen molar-refractivity contribution < 1.29 is 19.4 Å². The molecule has 40 heavy (non-hydrogen) atoms. The minimum atomic E-state index is -1.58. The molecule has 204 valence electrons. The monoisotopic (exact) mass is 538 g/mol. The summed E-state index contributed by atoms with van der Waals surface area (Å²) >= 11 is 0. The molecule has 2 aliphatic heterocycles. The number of rotatable bonds is 6. The van der Waals surface area contributed by atoms with Gasteiger partial charge in [0.05, 0.1) is 17.2 Å². The molecule has 0 unspecified atom stereocenters. The van der Waals surface area contributed by atoms with Crippen LogP contribution in [0.4, 0.5) is 5.69 Å². The molecule has 9 heteroatoms. The Morgan fingerprint density at radius 3 is 2.52 bits per heavy atom. The van der Waals surface area contributed by atoms with Gasteiger partial charge in [-0.05, 0) is 29.7 Å². The van der Waals surface area contributed by atoms with Crippen LogP contribution in [0.2, 0.25) is 0 Å². The first-order valence-corrected chi connectivity index (χ1v) is 13.4. The maximum Gasteiger partial charge on any atom is 0.329 e. The summed E-state index contributed by atoms with van der Waals surface area (Å²) in [5.41, 5.74) is 0.628. The van der Waals surface area contributed by atoms with Gasteiger partial charge >= 0.3 is 5.97 Å². The Balaban J connectivity index is 1.44. The number of piperidine rings is 1. The van der Waals surface area contributed by atoms with Crippen LogP contribution in [0.3, 0.4) is 0 Å². The van der Waals surface area contributed by atoms with Crippen molar-refractivity contribution in [3.63, 3.8) is 0 Å². The molecule has 1 amide bonds. The summed E-state index contributed by atoms with van der Waals surface area (Å²) in [6, 6.07) is 21.4. The number of aromatic nitrogens is 2. The van der Waals surface area contributed by atoms with Gasteiger partial charge in [-0.3, -0.25) is 14.2 Å². The quantitative estimate of drug-likeness (QED) is 0.361. The van der Waals surface area contributed by atoms with Crippen LogP contribution in [0.15, 0.2) is 90.0 Å². The molecule has 4 atom stereocenters. The normalized spacial score (nSPS) is 22.5. The molecule has 0 saturated carbocycles. The molecule has 3 aromatic carbocycles. The van der Waals surface area contributed by atoms with Gasteiger partial charge in [0.2, 0.25) is 5.91 Å². The first-order chi connectivity index (χ1) is 19.3. The topological polar surface area (TPSA) is 114 Å². The highest BCUT2D eigenvalue weighted by Crippen LogP contribution is 2.49. The number of nitrogens with one attached hydrogen (secondary N) is 1. The zero-order valence-corrected chi connectivity index (χ0v) is 22.2. The molecule has 1 fully saturated rings. The number of nitrogens with zero attached hydrogens (tertiary/aromatic N) is 3. The van der Waals surface area contributed by atoms with Crippen molar-refractivity contribution in [3.05, 3.63) is 107 Å². The van der Waals surface area contributed by atoms with E-state index >= 15 is 0 Å². The Bertz CT molecular complexity index is 1650. The third-order valence-corrected chi connectivity index (χ3v) is 7.88. The van der Waals surface area contributed by atoms with Gasteiger partial charge < -0.3 is 20.1 Å². The van der Waals surface area contributed by atoms with E-state index in [0.717, 1.165) is 5.56 Å². The van der Waals surface area contributed by atoms with Gasteiger partial charge in [-0.25, -0.2) is 9.78 Å². The van der Waals surface area contributed by atoms with Gasteiger partial charge in [0, 0.05) is 17.7 Å². The van der Waals surface area contributed by atoms with Crippen LogP contribution >= 0.6 is 0 Å². The standard InChI is InChI=1S/C31H30N4O5/c1-19(2)26(29(38)40-17-20-10-4-3-5-11-20)35-28(37)25(34-18-32-23-14-8-6-12-21(23)27(34)36)16-31(39)22-13-7-9-15-24(22)33-30(31)35/h3-15,18-19,25-26,30,33,39H,16-17H2,1-2H3/t25-,26+,30+,31-/m1/s1. The molecule has 3 heterocycles. The second kappa shape index (κ2) is 9.91. The van der Waals surface area contributed by atoms with E-state index in [9.17, 15) is 19.5 Å². The Labute approximate surface area is 231 Å². The molecular weight excluding hydrogens is 508 g/mol. The third-order valence-electron chi connectivity index (χ3n) is 7.88. The fraction of sp³-hybridized carbons (Fsp3) is 0.290. The van der Waals surface area contributed by atoms with Crippen molar-refractivity contribution in [2.24, 2.45) is 5.92 Å². The Hall–Kier alpha value is -4.50. The number of fused-ring (bicyclic) bond motifs is 4. The zero-order valence-electron chi connectivity index (χ0n) is 22.2. The van der Waals surface area contributed by atoms with E-state index in [2.05, 4.69) is 10.3 Å². The predicted molar refractivity (Wildman–Crippen MR) is 149 cm³/mol. The van der Waals surface area contributed by atoms with Gasteiger partial charge in [0.15, 0.2) is 0 Å². The minimum absolute atomic E-state index is 0.0466. The summed E-state index contributed by atoms with van der Waals surface area (Å²) in [6.07, 6.45) is 0.344. The van der Waals surface area contributed by atoms with Crippen LogP contribution in [0.1, 0.15) is 37.4 Å². The van der Waals surface area contributed by atoms with Gasteiger partial charge in [-0.15, -0.1) is 0 Å². The number of benzene rings is 3. The second-order valence-corrected chi connectivity index (χ2v) is 10.7. The number of carbonyl (C=O) groups is 2. The van der Waals surface area contributed by atoms with Crippen molar-refractivity contribution >= 4 is 28.5 Å². The molecule has 6 rings (SSSR count). The number of esters is 1. The number of carbonyl (C=O) groups excluding carboxylic acids is 2. The first kappa shape index (κ1) is 25.8. The van der Waals surface area contributed by atoms with E-state index in [4.69, 9.17) is 4.74 Å². The van der Waals surface area contributed by atoms with Crippen LogP contribution < -0.4 is 10.9 Å². The average molecular weight is 539 g/mol. The first-order valence-electron chi connectivity index (χ1n) is 13.4. The minimum Gasteiger partial charge on any atom is -0.459 e. The van der Waals surface area contributed by atoms with Gasteiger partial charge in [-0.2, -0.15) is 0 Å². The number of likely N-dealkylation sites (tertiary alicyclic amines) is 1. The summed E-state index contributed by atoms with van der Waals surface area (Å²) in [6.45, 7) is 3.71. The third kappa shape index (κ3) is 4.14. The molecule has 0 aliphatic carbocycles. The number of para-hydroxylation sites is 2. The molecule has 0 bridgehead atoms. The van der Waals surface area contributed by atoms with Crippen LogP contribution in [0.25, 0.3) is 10.9 Å². The number of aliphatic hydroxyl groups is 1. The molecule has 1 saturated heterocycles. The summed E-state index contributed by atoms with van der Waals surface area (Å²) in [7, 11) is 0. The highest BCUT2D eigenvalue weighted by molar-refractivity contribution is 5.90. The molecule has 0 radical (unpaired) electrons. The highest BCUT2D eigenvalue weighted by atomic mass is 16.5. The largest absolute Gasteiger partial charge is 0.459 e. The lowest BCUT2D eigenvalue weighted by Crippen LogP contribution is -2.66. The predicted octanol–water partition coefficient (Wildman–Crippen LogP) is 3.58. The molecule has 1 aromatic heterocycles. The summed E-state index contributed by atoms with van der Waals surface area (Å²) in [5, 5.41) is 15.9. The number of anilines is 1. The number of hydrogen-bond donors (Lipinski definition) is 2. The molecule has 4 aromatic rings. The van der Waals surface area contributed by atoms with E-state index in [0.29, 0.717) is 22.2 Å². The lowest BCUT2D eigenvalue weighted by molar-refractivity contribution is -0.176. The molecule has 9 nitrogen and oxygen atoms in total. The van der Waals surface area contributed by atoms with E-state index in [-0.39, 0.29) is 18.9 Å². The molecule has 0 spiro atoms. The van der Waals surface area contributed by atoms with Gasteiger partial charge in [-0.1, -0.05) is 74.5 Å². The van der Waals surface area contributed by atoms with Crippen LogP contribution in [-0.4, -0.2) is 43.6 Å². The summed E-state index contributed by atoms with van der Waals surface area (Å²) in [5.74, 6) is -1.41. The molecular formula is C31H30N4O5. The number of ether oxygens (including phenoxy) is 1. The zero-order chi connectivity index (χ0) is 28.0. The lowest BCUT2D eigenvalue weighted by Gasteiger charge is -2.49. The number of hydrogen-bond acceptors (Lipinski definition) is 7. The van der Waals surface area contributed by atoms with E-state index in [1.165, 1.54) is 15.8 Å². The summed E-state index contributed by atoms with van der Waals surface area (Å²) < 4.78 is 6.99. The van der Waals surface area contributed by atoms with E-state index in [1.54, 1.807) is 30.3 Å². The van der Waals surface area contributed by atoms with Crippen molar-refractivity contribution in [1.29, 1.82) is 0 Å². The summed E-state index contributed by atoms with van der Waals surface area (Å²) in [4.78, 5) is 47.4. The van der Waals surface area contributed by atoms with E-state index < -0.39 is 41.3 Å². The fourth-order valence-corrected chi connectivity index (χ4v) is 5.94.